The molecule has 0 radical (unpaired) electrons. The van der Waals surface area contributed by atoms with Crippen LogP contribution in [-0.4, -0.2) is 63.6 Å². The van der Waals surface area contributed by atoms with E-state index in [1.807, 2.05) is 0 Å². The maximum absolute atomic E-state index is 4.30. The summed E-state index contributed by atoms with van der Waals surface area (Å²) < 4.78 is 0. The Bertz CT molecular complexity index is 499. The normalized spacial score (nSPS) is 30.9. The van der Waals surface area contributed by atoms with Crippen LogP contribution in [0.1, 0.15) is 93.9 Å². The van der Waals surface area contributed by atoms with Gasteiger partial charge in [0.15, 0.2) is 0 Å². The molecule has 0 aromatic rings. The second-order valence-electron chi connectivity index (χ2n) is 13.7. The molecule has 2 aliphatic carbocycles. The lowest BCUT2D eigenvalue weighted by Crippen LogP contribution is -2.74. The van der Waals surface area contributed by atoms with Gasteiger partial charge in [-0.1, -0.05) is 68.2 Å². The highest BCUT2D eigenvalue weighted by Gasteiger charge is 2.46. The van der Waals surface area contributed by atoms with Crippen LogP contribution < -0.4 is 10.5 Å². The highest BCUT2D eigenvalue weighted by molar-refractivity contribution is 7.17. The van der Waals surface area contributed by atoms with Crippen molar-refractivity contribution < 1.29 is 0 Å². The number of hydrogen-bond acceptors (Lipinski definition) is 4. The fraction of sp³-hybridized carbons (Fsp3) is 1.00. The molecule has 6 heteroatoms. The molecule has 4 nitrogen and oxygen atoms in total. The van der Waals surface area contributed by atoms with Crippen molar-refractivity contribution >= 4 is 13.7 Å². The number of hydrogen-bond donors (Lipinski definition) is 2. The van der Waals surface area contributed by atoms with E-state index in [9.17, 15) is 0 Å². The molecule has 2 aliphatic rings. The molecule has 2 fully saturated rings. The Balaban J connectivity index is 2.36. The SMILES string of the molecule is CC(C)C1CCCC(C(C)C)C1NB(B(NC1C(C(C)C)CCCC1C(C)C)N(C)C)N(C)C. The Hall–Kier alpha value is -0.0301. The van der Waals surface area contributed by atoms with Gasteiger partial charge in [-0.3, -0.25) is 0 Å². The number of nitrogens with zero attached hydrogens (tertiary/aromatic N) is 2. The first kappa shape index (κ1) is 30.2. The standard InChI is InChI=1S/C28H60B2N4/c1-19(2)23-15-13-16-24(20(3)4)27(23)31-29(33(9)10)30(34(11)12)32-28-25(21(5)6)17-14-18-26(28)22(7)8/h19-28,31-32H,13-18H2,1-12H3. The summed E-state index contributed by atoms with van der Waals surface area (Å²) in [5, 5.41) is 8.60. The molecule has 0 aromatic carbocycles. The second kappa shape index (κ2) is 13.5. The van der Waals surface area contributed by atoms with Gasteiger partial charge in [-0.05, 0) is 101 Å². The van der Waals surface area contributed by atoms with Gasteiger partial charge in [-0.15, -0.1) is 0 Å². The predicted octanol–water partition coefficient (Wildman–Crippen LogP) is 5.54. The molecular weight excluding hydrogens is 414 g/mol. The molecule has 0 heterocycles. The van der Waals surface area contributed by atoms with Crippen molar-refractivity contribution in [3.05, 3.63) is 0 Å². The minimum atomic E-state index is 0.281. The van der Waals surface area contributed by atoms with E-state index < -0.39 is 0 Å². The molecule has 0 spiro atoms. The first-order valence-electron chi connectivity index (χ1n) is 14.7. The van der Waals surface area contributed by atoms with E-state index in [2.05, 4.69) is 104 Å². The molecular formula is C28H60B2N4. The maximum Gasteiger partial charge on any atom is 0.310 e. The van der Waals surface area contributed by atoms with E-state index in [0.717, 1.165) is 47.3 Å². The van der Waals surface area contributed by atoms with Crippen molar-refractivity contribution in [1.29, 1.82) is 0 Å². The van der Waals surface area contributed by atoms with Crippen LogP contribution in [0, 0.1) is 47.3 Å². The molecule has 0 aromatic heterocycles. The molecule has 34 heavy (non-hydrogen) atoms. The van der Waals surface area contributed by atoms with Crippen LogP contribution in [0.2, 0.25) is 0 Å². The van der Waals surface area contributed by atoms with E-state index in [0.29, 0.717) is 12.1 Å². The zero-order chi connectivity index (χ0) is 25.7. The predicted molar refractivity (Wildman–Crippen MR) is 154 cm³/mol. The average molecular weight is 474 g/mol. The quantitative estimate of drug-likeness (QED) is 0.385. The lowest BCUT2D eigenvalue weighted by atomic mass is 9.31. The highest BCUT2D eigenvalue weighted by Crippen LogP contribution is 2.39. The molecule has 2 saturated carbocycles. The second-order valence-corrected chi connectivity index (χ2v) is 13.7. The zero-order valence-corrected chi connectivity index (χ0v) is 25.1. The monoisotopic (exact) mass is 475 g/mol. The summed E-state index contributed by atoms with van der Waals surface area (Å²) >= 11 is 0. The van der Waals surface area contributed by atoms with Gasteiger partial charge in [0, 0.05) is 12.1 Å². The molecule has 0 saturated heterocycles. The topological polar surface area (TPSA) is 30.5 Å². The largest absolute Gasteiger partial charge is 0.342 e. The van der Waals surface area contributed by atoms with E-state index in [1.54, 1.807) is 0 Å². The molecule has 2 N–H and O–H groups in total. The average Bonchev–Trinajstić information content (AvgIpc) is 2.74. The Morgan fingerprint density at radius 1 is 0.500 bits per heavy atom. The van der Waals surface area contributed by atoms with Crippen LogP contribution in [0.5, 0.6) is 0 Å². The zero-order valence-electron chi connectivity index (χ0n) is 25.1. The van der Waals surface area contributed by atoms with Gasteiger partial charge >= 0.3 is 13.7 Å². The smallest absolute Gasteiger partial charge is 0.310 e. The lowest BCUT2D eigenvalue weighted by Gasteiger charge is -2.48. The van der Waals surface area contributed by atoms with Crippen molar-refractivity contribution in [2.75, 3.05) is 28.2 Å². The van der Waals surface area contributed by atoms with Crippen molar-refractivity contribution in [2.45, 2.75) is 106 Å². The molecule has 0 aliphatic heterocycles. The third-order valence-corrected chi connectivity index (χ3v) is 9.56. The summed E-state index contributed by atoms with van der Waals surface area (Å²) in [7, 11) is 9.09. The summed E-state index contributed by atoms with van der Waals surface area (Å²) in [5.74, 6) is 5.92. The molecule has 4 unspecified atom stereocenters. The summed E-state index contributed by atoms with van der Waals surface area (Å²) in [6.07, 6.45) is 8.25. The number of nitrogens with one attached hydrogen (secondary N) is 2. The molecule has 2 rings (SSSR count). The minimum absolute atomic E-state index is 0.281. The van der Waals surface area contributed by atoms with Crippen molar-refractivity contribution in [1.82, 2.24) is 20.1 Å². The Kier molecular flexibility index (Phi) is 12.0. The fourth-order valence-corrected chi connectivity index (χ4v) is 7.46. The van der Waals surface area contributed by atoms with Crippen LogP contribution >= 0.6 is 0 Å². The van der Waals surface area contributed by atoms with E-state index in [4.69, 9.17) is 0 Å². The molecule has 0 amide bonds. The lowest BCUT2D eigenvalue weighted by molar-refractivity contribution is 0.125. The summed E-state index contributed by atoms with van der Waals surface area (Å²) in [4.78, 5) is 4.89. The van der Waals surface area contributed by atoms with E-state index in [-0.39, 0.29) is 13.7 Å². The fourth-order valence-electron chi connectivity index (χ4n) is 7.46. The van der Waals surface area contributed by atoms with Gasteiger partial charge in [0.05, 0.1) is 0 Å². The first-order chi connectivity index (χ1) is 15.9. The van der Waals surface area contributed by atoms with Crippen LogP contribution in [-0.2, 0) is 0 Å². The van der Waals surface area contributed by atoms with Gasteiger partial charge < -0.3 is 20.1 Å². The van der Waals surface area contributed by atoms with Crippen LogP contribution in [0.15, 0.2) is 0 Å². The van der Waals surface area contributed by atoms with E-state index >= 15 is 0 Å². The Labute approximate surface area is 215 Å². The summed E-state index contributed by atoms with van der Waals surface area (Å²) in [6, 6.07) is 1.16. The van der Waals surface area contributed by atoms with E-state index in [1.165, 1.54) is 38.5 Å². The molecule has 0 bridgehead atoms. The van der Waals surface area contributed by atoms with Crippen molar-refractivity contribution in [3.63, 3.8) is 0 Å². The summed E-state index contributed by atoms with van der Waals surface area (Å²) in [5.41, 5.74) is 0. The van der Waals surface area contributed by atoms with Crippen LogP contribution in [0.4, 0.5) is 0 Å². The van der Waals surface area contributed by atoms with Gasteiger partial charge in [0.2, 0.25) is 0 Å². The van der Waals surface area contributed by atoms with Crippen molar-refractivity contribution in [3.8, 4) is 0 Å². The van der Waals surface area contributed by atoms with Gasteiger partial charge in [0.25, 0.3) is 0 Å². The molecule has 198 valence electrons. The van der Waals surface area contributed by atoms with Gasteiger partial charge in [0.1, 0.15) is 0 Å². The van der Waals surface area contributed by atoms with Crippen molar-refractivity contribution in [2.24, 2.45) is 47.3 Å². The number of rotatable bonds is 11. The maximum atomic E-state index is 4.30. The third-order valence-electron chi connectivity index (χ3n) is 9.56. The Morgan fingerprint density at radius 3 is 0.912 bits per heavy atom. The highest BCUT2D eigenvalue weighted by atomic mass is 15.2. The van der Waals surface area contributed by atoms with Crippen LogP contribution in [0.25, 0.3) is 0 Å². The van der Waals surface area contributed by atoms with Crippen LogP contribution in [0.3, 0.4) is 0 Å². The van der Waals surface area contributed by atoms with Gasteiger partial charge in [-0.25, -0.2) is 0 Å². The third kappa shape index (κ3) is 7.49. The summed E-state index contributed by atoms with van der Waals surface area (Å²) in [6.45, 7) is 20.1. The Morgan fingerprint density at radius 2 is 0.735 bits per heavy atom. The first-order valence-corrected chi connectivity index (χ1v) is 14.7. The minimum Gasteiger partial charge on any atom is -0.342 e. The molecule has 4 atom stereocenters. The van der Waals surface area contributed by atoms with Gasteiger partial charge in [-0.2, -0.15) is 0 Å².